The van der Waals surface area contributed by atoms with Crippen LogP contribution in [0, 0.1) is 12.7 Å². The fourth-order valence-electron chi connectivity index (χ4n) is 4.08. The van der Waals surface area contributed by atoms with Crippen molar-refractivity contribution >= 4 is 5.97 Å². The summed E-state index contributed by atoms with van der Waals surface area (Å²) in [5.41, 5.74) is 2.95. The number of aryl methyl sites for hydroxylation is 1. The standard InChI is InChI=1S/C27H24F3N3O3/c1-16-6-4-5-7-21(16)22-9-8-18(13-23(22)27(2,29)30)26-31-25(32-36-26)19-10-17(11-20(28)12-19)14-33(3)15-24(34)35/h4-13H,14-15H2,1-3H3,(H,34,35). The number of aromatic nitrogens is 2. The van der Waals surface area contributed by atoms with Crippen molar-refractivity contribution in [3.63, 3.8) is 0 Å². The van der Waals surface area contributed by atoms with Gasteiger partial charge in [0.25, 0.3) is 11.8 Å². The Hall–Kier alpha value is -3.98. The number of halogens is 3. The Morgan fingerprint density at radius 3 is 2.50 bits per heavy atom. The van der Waals surface area contributed by atoms with Crippen molar-refractivity contribution < 1.29 is 27.6 Å². The Bertz CT molecular complexity index is 1410. The molecule has 4 aromatic rings. The third-order valence-corrected chi connectivity index (χ3v) is 5.67. The number of benzene rings is 3. The number of alkyl halides is 2. The summed E-state index contributed by atoms with van der Waals surface area (Å²) in [4.78, 5) is 16.7. The van der Waals surface area contributed by atoms with Crippen LogP contribution in [0.5, 0.6) is 0 Å². The first kappa shape index (κ1) is 25.1. The molecule has 0 saturated heterocycles. The van der Waals surface area contributed by atoms with Crippen LogP contribution in [-0.4, -0.2) is 39.7 Å². The highest BCUT2D eigenvalue weighted by atomic mass is 19.3. The SMILES string of the molecule is Cc1ccccc1-c1ccc(-c2nc(-c3cc(F)cc(CN(C)CC(=O)O)c3)no2)cc1C(C)(F)F. The first-order valence-electron chi connectivity index (χ1n) is 11.1. The molecule has 6 nitrogen and oxygen atoms in total. The highest BCUT2D eigenvalue weighted by Gasteiger charge is 2.29. The van der Waals surface area contributed by atoms with Gasteiger partial charge in [-0.1, -0.05) is 35.5 Å². The highest BCUT2D eigenvalue weighted by molar-refractivity contribution is 5.75. The van der Waals surface area contributed by atoms with Gasteiger partial charge >= 0.3 is 5.97 Å². The van der Waals surface area contributed by atoms with Crippen molar-refractivity contribution in [1.29, 1.82) is 0 Å². The molecule has 1 aromatic heterocycles. The molecule has 0 bridgehead atoms. The Morgan fingerprint density at radius 2 is 1.81 bits per heavy atom. The second-order valence-corrected chi connectivity index (χ2v) is 8.80. The van der Waals surface area contributed by atoms with Gasteiger partial charge in [-0.15, -0.1) is 0 Å². The van der Waals surface area contributed by atoms with Gasteiger partial charge in [0.1, 0.15) is 5.82 Å². The molecule has 0 amide bonds. The van der Waals surface area contributed by atoms with Crippen LogP contribution in [0.25, 0.3) is 34.0 Å². The van der Waals surface area contributed by atoms with E-state index in [1.54, 1.807) is 37.4 Å². The topological polar surface area (TPSA) is 79.5 Å². The van der Waals surface area contributed by atoms with Crippen LogP contribution in [0.1, 0.15) is 23.6 Å². The quantitative estimate of drug-likeness (QED) is 0.316. The van der Waals surface area contributed by atoms with Gasteiger partial charge in [0.15, 0.2) is 0 Å². The first-order chi connectivity index (χ1) is 17.0. The van der Waals surface area contributed by atoms with Crippen LogP contribution in [-0.2, 0) is 17.3 Å². The van der Waals surface area contributed by atoms with Gasteiger partial charge in [0.2, 0.25) is 5.82 Å². The van der Waals surface area contributed by atoms with Crippen LogP contribution in [0.2, 0.25) is 0 Å². The second kappa shape index (κ2) is 9.94. The normalized spacial score (nSPS) is 11.8. The van der Waals surface area contributed by atoms with E-state index < -0.39 is 17.7 Å². The largest absolute Gasteiger partial charge is 0.480 e. The minimum absolute atomic E-state index is 0.0145. The molecule has 9 heteroatoms. The minimum Gasteiger partial charge on any atom is -0.480 e. The number of hydrogen-bond acceptors (Lipinski definition) is 5. The predicted molar refractivity (Wildman–Crippen MR) is 129 cm³/mol. The molecule has 4 rings (SSSR count). The van der Waals surface area contributed by atoms with E-state index >= 15 is 0 Å². The van der Waals surface area contributed by atoms with Crippen molar-refractivity contribution in [2.24, 2.45) is 0 Å². The summed E-state index contributed by atoms with van der Waals surface area (Å²) in [6.45, 7) is 2.68. The number of likely N-dealkylation sites (N-methyl/N-ethyl adjacent to an activating group) is 1. The van der Waals surface area contributed by atoms with Crippen LogP contribution < -0.4 is 0 Å². The Kier molecular flexibility index (Phi) is 6.94. The molecule has 0 saturated carbocycles. The number of carboxylic acids is 1. The average molecular weight is 496 g/mol. The van der Waals surface area contributed by atoms with Crippen molar-refractivity contribution in [3.05, 3.63) is 83.2 Å². The molecular weight excluding hydrogens is 471 g/mol. The molecule has 1 heterocycles. The average Bonchev–Trinajstić information content (AvgIpc) is 3.28. The lowest BCUT2D eigenvalue weighted by atomic mass is 9.92. The van der Waals surface area contributed by atoms with Gasteiger partial charge in [0, 0.05) is 30.2 Å². The smallest absolute Gasteiger partial charge is 0.317 e. The maximum absolute atomic E-state index is 14.6. The van der Waals surface area contributed by atoms with Gasteiger partial charge in [-0.05, 0) is 66.6 Å². The summed E-state index contributed by atoms with van der Waals surface area (Å²) >= 11 is 0. The molecule has 0 unspecified atom stereocenters. The summed E-state index contributed by atoms with van der Waals surface area (Å²) in [5.74, 6) is -4.58. The number of carbonyl (C=O) groups is 1. The van der Waals surface area contributed by atoms with Crippen molar-refractivity contribution in [2.45, 2.75) is 26.3 Å². The Labute approximate surface area is 206 Å². The fraction of sp³-hybridized carbons (Fsp3) is 0.222. The zero-order valence-electron chi connectivity index (χ0n) is 19.9. The molecule has 0 fully saturated rings. The molecule has 0 aliphatic rings. The zero-order chi connectivity index (χ0) is 26.0. The Balaban J connectivity index is 1.69. The predicted octanol–water partition coefficient (Wildman–Crippen LogP) is 6.15. The third kappa shape index (κ3) is 5.63. The Morgan fingerprint density at radius 1 is 1.06 bits per heavy atom. The van der Waals surface area contributed by atoms with E-state index in [2.05, 4.69) is 10.1 Å². The fourth-order valence-corrected chi connectivity index (χ4v) is 4.08. The number of rotatable bonds is 8. The van der Waals surface area contributed by atoms with Crippen molar-refractivity contribution in [3.8, 4) is 34.0 Å². The van der Waals surface area contributed by atoms with Gasteiger partial charge in [-0.25, -0.2) is 13.2 Å². The van der Waals surface area contributed by atoms with Crippen LogP contribution in [0.3, 0.4) is 0 Å². The first-order valence-corrected chi connectivity index (χ1v) is 11.1. The molecule has 0 atom stereocenters. The molecule has 0 radical (unpaired) electrons. The molecule has 186 valence electrons. The molecule has 0 spiro atoms. The lowest BCUT2D eigenvalue weighted by molar-refractivity contribution is -0.138. The number of hydrogen-bond donors (Lipinski definition) is 1. The highest BCUT2D eigenvalue weighted by Crippen LogP contribution is 2.39. The van der Waals surface area contributed by atoms with E-state index in [9.17, 15) is 18.0 Å². The van der Waals surface area contributed by atoms with Crippen molar-refractivity contribution in [2.75, 3.05) is 13.6 Å². The minimum atomic E-state index is -3.13. The van der Waals surface area contributed by atoms with Gasteiger partial charge in [-0.3, -0.25) is 9.69 Å². The molecule has 36 heavy (non-hydrogen) atoms. The summed E-state index contributed by atoms with van der Waals surface area (Å²) in [7, 11) is 1.60. The second-order valence-electron chi connectivity index (χ2n) is 8.80. The number of aliphatic carboxylic acids is 1. The summed E-state index contributed by atoms with van der Waals surface area (Å²) in [6, 6.07) is 16.0. The van der Waals surface area contributed by atoms with E-state index in [1.807, 2.05) is 19.1 Å². The van der Waals surface area contributed by atoms with E-state index in [0.29, 0.717) is 27.8 Å². The van der Waals surface area contributed by atoms with E-state index in [1.165, 1.54) is 23.1 Å². The van der Waals surface area contributed by atoms with Gasteiger partial charge in [0.05, 0.1) is 6.54 Å². The third-order valence-electron chi connectivity index (χ3n) is 5.67. The molecular formula is C27H24F3N3O3. The number of carboxylic acid groups (broad SMARTS) is 1. The van der Waals surface area contributed by atoms with Crippen LogP contribution >= 0.6 is 0 Å². The zero-order valence-corrected chi connectivity index (χ0v) is 19.9. The van der Waals surface area contributed by atoms with E-state index in [0.717, 1.165) is 12.5 Å². The summed E-state index contributed by atoms with van der Waals surface area (Å²) in [5, 5.41) is 12.8. The lowest BCUT2D eigenvalue weighted by Gasteiger charge is -2.18. The molecule has 1 N–H and O–H groups in total. The summed E-state index contributed by atoms with van der Waals surface area (Å²) in [6.07, 6.45) is 0. The monoisotopic (exact) mass is 495 g/mol. The van der Waals surface area contributed by atoms with Crippen LogP contribution in [0.15, 0.2) is 65.2 Å². The molecule has 3 aromatic carbocycles. The van der Waals surface area contributed by atoms with Crippen LogP contribution in [0.4, 0.5) is 13.2 Å². The molecule has 0 aliphatic heterocycles. The van der Waals surface area contributed by atoms with Gasteiger partial charge < -0.3 is 9.63 Å². The summed E-state index contributed by atoms with van der Waals surface area (Å²) < 4.78 is 48.9. The van der Waals surface area contributed by atoms with Gasteiger partial charge in [-0.2, -0.15) is 4.98 Å². The van der Waals surface area contributed by atoms with E-state index in [-0.39, 0.29) is 30.4 Å². The maximum Gasteiger partial charge on any atom is 0.317 e. The number of nitrogens with zero attached hydrogens (tertiary/aromatic N) is 3. The molecule has 0 aliphatic carbocycles. The van der Waals surface area contributed by atoms with Crippen molar-refractivity contribution in [1.82, 2.24) is 15.0 Å². The van der Waals surface area contributed by atoms with E-state index in [4.69, 9.17) is 9.63 Å². The lowest BCUT2D eigenvalue weighted by Crippen LogP contribution is -2.25. The maximum atomic E-state index is 14.6.